The zero-order valence-electron chi connectivity index (χ0n) is 15.0. The quantitative estimate of drug-likeness (QED) is 0.908. The van der Waals surface area contributed by atoms with Crippen molar-refractivity contribution in [2.75, 3.05) is 25.5 Å². The van der Waals surface area contributed by atoms with Crippen LogP contribution in [0, 0.1) is 11.8 Å². The van der Waals surface area contributed by atoms with Crippen molar-refractivity contribution in [3.8, 4) is 0 Å². The van der Waals surface area contributed by atoms with Gasteiger partial charge >= 0.3 is 5.97 Å². The van der Waals surface area contributed by atoms with Gasteiger partial charge in [0.15, 0.2) is 0 Å². The monoisotopic (exact) mass is 345 g/mol. The Balaban J connectivity index is 1.75. The molecule has 1 saturated carbocycles. The second kappa shape index (κ2) is 7.42. The van der Waals surface area contributed by atoms with Crippen molar-refractivity contribution < 1.29 is 14.7 Å². The minimum Gasteiger partial charge on any atom is -0.480 e. The number of rotatable bonds is 4. The van der Waals surface area contributed by atoms with Crippen molar-refractivity contribution >= 4 is 17.7 Å². The summed E-state index contributed by atoms with van der Waals surface area (Å²) in [5.74, 6) is 0.517. The number of amides is 1. The summed E-state index contributed by atoms with van der Waals surface area (Å²) in [6, 6.07) is 2.81. The van der Waals surface area contributed by atoms with Gasteiger partial charge in [-0.3, -0.25) is 4.79 Å². The molecule has 1 N–H and O–H groups in total. The molecule has 2 aliphatic rings. The van der Waals surface area contributed by atoms with Crippen LogP contribution in [0.3, 0.4) is 0 Å². The fraction of sp³-hybridized carbons (Fsp3) is 0.632. The Morgan fingerprint density at radius 2 is 1.88 bits per heavy atom. The highest BCUT2D eigenvalue weighted by molar-refractivity contribution is 5.96. The lowest BCUT2D eigenvalue weighted by Crippen LogP contribution is -2.40. The van der Waals surface area contributed by atoms with Crippen LogP contribution in [0.25, 0.3) is 0 Å². The van der Waals surface area contributed by atoms with Gasteiger partial charge in [0.1, 0.15) is 11.9 Å². The molecule has 0 bridgehead atoms. The van der Waals surface area contributed by atoms with Crippen molar-refractivity contribution in [2.24, 2.45) is 11.8 Å². The van der Waals surface area contributed by atoms with E-state index in [9.17, 15) is 14.7 Å². The molecule has 1 aliphatic carbocycles. The first kappa shape index (κ1) is 17.7. The third-order valence-corrected chi connectivity index (χ3v) is 5.65. The van der Waals surface area contributed by atoms with Crippen LogP contribution in [0.15, 0.2) is 18.3 Å². The van der Waals surface area contributed by atoms with E-state index in [2.05, 4.69) is 4.98 Å². The number of nitrogens with zero attached hydrogens (tertiary/aromatic N) is 3. The van der Waals surface area contributed by atoms with Crippen LogP contribution >= 0.6 is 0 Å². The first-order valence-electron chi connectivity index (χ1n) is 9.14. The summed E-state index contributed by atoms with van der Waals surface area (Å²) in [5, 5.41) is 9.60. The van der Waals surface area contributed by atoms with E-state index in [1.165, 1.54) is 19.3 Å². The summed E-state index contributed by atoms with van der Waals surface area (Å²) in [5.41, 5.74) is 0.459. The molecule has 1 aliphatic heterocycles. The number of hydrogen-bond donors (Lipinski definition) is 1. The molecule has 2 fully saturated rings. The minimum atomic E-state index is -0.899. The Morgan fingerprint density at radius 3 is 2.44 bits per heavy atom. The second-order valence-corrected chi connectivity index (χ2v) is 7.50. The molecule has 1 aromatic rings. The van der Waals surface area contributed by atoms with Crippen molar-refractivity contribution in [1.82, 2.24) is 9.88 Å². The van der Waals surface area contributed by atoms with Gasteiger partial charge in [-0.1, -0.05) is 32.1 Å². The van der Waals surface area contributed by atoms with Crippen molar-refractivity contribution in [3.05, 3.63) is 23.9 Å². The molecule has 2 atom stereocenters. The fourth-order valence-corrected chi connectivity index (χ4v) is 4.22. The maximum absolute atomic E-state index is 12.9. The van der Waals surface area contributed by atoms with Crippen molar-refractivity contribution in [2.45, 2.75) is 44.6 Å². The molecule has 1 saturated heterocycles. The molecule has 136 valence electrons. The molecular formula is C19H27N3O3. The number of anilines is 1. The zero-order chi connectivity index (χ0) is 18.0. The lowest BCUT2D eigenvalue weighted by Gasteiger charge is -2.27. The number of aliphatic carboxylic acids is 1. The number of carbonyl (C=O) groups excluding carboxylic acids is 1. The summed E-state index contributed by atoms with van der Waals surface area (Å²) in [7, 11) is 3.78. The highest BCUT2D eigenvalue weighted by Gasteiger charge is 2.42. The number of hydrogen-bond acceptors (Lipinski definition) is 4. The summed E-state index contributed by atoms with van der Waals surface area (Å²) >= 11 is 0. The molecule has 6 nitrogen and oxygen atoms in total. The predicted octanol–water partition coefficient (Wildman–Crippen LogP) is 2.64. The standard InChI is InChI=1S/C19H27N3O3/c1-21(2)17-9-8-14(11-20-17)18(23)22-12-15(10-16(22)19(24)25)13-6-4-3-5-7-13/h8-9,11,13,15-16H,3-7,10,12H2,1-2H3,(H,24,25)/t15-,16+/m1/s1. The molecule has 1 amide bonds. The van der Waals surface area contributed by atoms with Gasteiger partial charge in [-0.2, -0.15) is 0 Å². The first-order chi connectivity index (χ1) is 12.0. The Labute approximate surface area is 148 Å². The largest absolute Gasteiger partial charge is 0.480 e. The Morgan fingerprint density at radius 1 is 1.16 bits per heavy atom. The molecular weight excluding hydrogens is 318 g/mol. The van der Waals surface area contributed by atoms with Gasteiger partial charge < -0.3 is 14.9 Å². The van der Waals surface area contributed by atoms with Gasteiger partial charge in [0.2, 0.25) is 0 Å². The lowest BCUT2D eigenvalue weighted by molar-refractivity contribution is -0.141. The number of carboxylic acid groups (broad SMARTS) is 1. The van der Waals surface area contributed by atoms with Gasteiger partial charge in [-0.15, -0.1) is 0 Å². The Hall–Kier alpha value is -2.11. The van der Waals surface area contributed by atoms with Crippen LogP contribution in [0.1, 0.15) is 48.9 Å². The molecule has 0 unspecified atom stereocenters. The Bertz CT molecular complexity index is 623. The number of carbonyl (C=O) groups is 2. The molecule has 0 radical (unpaired) electrons. The molecule has 1 aromatic heterocycles. The molecule has 0 aromatic carbocycles. The maximum atomic E-state index is 12.9. The van der Waals surface area contributed by atoms with Gasteiger partial charge in [-0.25, -0.2) is 9.78 Å². The molecule has 6 heteroatoms. The van der Waals surface area contributed by atoms with E-state index in [1.54, 1.807) is 23.2 Å². The summed E-state index contributed by atoms with van der Waals surface area (Å²) in [4.78, 5) is 32.3. The van der Waals surface area contributed by atoms with E-state index in [4.69, 9.17) is 0 Å². The Kier molecular flexibility index (Phi) is 5.25. The second-order valence-electron chi connectivity index (χ2n) is 7.50. The van der Waals surface area contributed by atoms with Gasteiger partial charge in [0.05, 0.1) is 5.56 Å². The van der Waals surface area contributed by atoms with Gasteiger partial charge in [0, 0.05) is 26.8 Å². The van der Waals surface area contributed by atoms with E-state index in [0.717, 1.165) is 18.7 Å². The highest BCUT2D eigenvalue weighted by Crippen LogP contribution is 2.38. The van der Waals surface area contributed by atoms with Crippen molar-refractivity contribution in [3.63, 3.8) is 0 Å². The van der Waals surface area contributed by atoms with Crippen molar-refractivity contribution in [1.29, 1.82) is 0 Å². The topological polar surface area (TPSA) is 73.7 Å². The minimum absolute atomic E-state index is 0.219. The number of carboxylic acids is 1. The van der Waals surface area contributed by atoms with Crippen LogP contribution < -0.4 is 4.90 Å². The smallest absolute Gasteiger partial charge is 0.326 e. The lowest BCUT2D eigenvalue weighted by atomic mass is 9.79. The fourth-order valence-electron chi connectivity index (χ4n) is 4.22. The third kappa shape index (κ3) is 3.78. The van der Waals surface area contributed by atoms with E-state index < -0.39 is 12.0 Å². The van der Waals surface area contributed by atoms with E-state index in [-0.39, 0.29) is 5.91 Å². The molecule has 0 spiro atoms. The summed E-state index contributed by atoms with van der Waals surface area (Å²) < 4.78 is 0. The summed E-state index contributed by atoms with van der Waals surface area (Å²) in [6.45, 7) is 0.551. The normalized spacial score (nSPS) is 24.3. The molecule has 2 heterocycles. The highest BCUT2D eigenvalue weighted by atomic mass is 16.4. The SMILES string of the molecule is CN(C)c1ccc(C(=O)N2C[C@H](C3CCCCC3)C[C@H]2C(=O)O)cn1. The average molecular weight is 345 g/mol. The van der Waals surface area contributed by atoms with Crippen LogP contribution in [0.4, 0.5) is 5.82 Å². The number of likely N-dealkylation sites (tertiary alicyclic amines) is 1. The van der Waals surface area contributed by atoms with Crippen LogP contribution in [0.2, 0.25) is 0 Å². The summed E-state index contributed by atoms with van der Waals surface area (Å²) in [6.07, 6.45) is 8.18. The maximum Gasteiger partial charge on any atom is 0.326 e. The van der Waals surface area contributed by atoms with E-state index in [0.29, 0.717) is 30.4 Å². The molecule has 3 rings (SSSR count). The van der Waals surface area contributed by atoms with Crippen LogP contribution in [-0.2, 0) is 4.79 Å². The van der Waals surface area contributed by atoms with Gasteiger partial charge in [0.25, 0.3) is 5.91 Å². The van der Waals surface area contributed by atoms with Gasteiger partial charge in [-0.05, 0) is 30.4 Å². The van der Waals surface area contributed by atoms with E-state index >= 15 is 0 Å². The van der Waals surface area contributed by atoms with Crippen LogP contribution in [0.5, 0.6) is 0 Å². The number of aromatic nitrogens is 1. The first-order valence-corrected chi connectivity index (χ1v) is 9.14. The predicted molar refractivity (Wildman–Crippen MR) is 95.7 cm³/mol. The molecule has 25 heavy (non-hydrogen) atoms. The zero-order valence-corrected chi connectivity index (χ0v) is 15.0. The van der Waals surface area contributed by atoms with Crippen LogP contribution in [-0.4, -0.2) is 53.5 Å². The average Bonchev–Trinajstić information content (AvgIpc) is 3.07. The van der Waals surface area contributed by atoms with E-state index in [1.807, 2.05) is 19.0 Å². The number of pyridine rings is 1. The third-order valence-electron chi connectivity index (χ3n) is 5.65.